The van der Waals surface area contributed by atoms with Gasteiger partial charge in [-0.15, -0.1) is 0 Å². The molecule has 0 heterocycles. The summed E-state index contributed by atoms with van der Waals surface area (Å²) in [5.74, 6) is -0.960. The number of aromatic hydroxyl groups is 2. The highest BCUT2D eigenvalue weighted by molar-refractivity contribution is 5.83. The van der Waals surface area contributed by atoms with E-state index in [1.165, 1.54) is 12.1 Å². The van der Waals surface area contributed by atoms with Crippen LogP contribution in [0.2, 0.25) is 0 Å². The molecular formula is C14H16O4. The predicted octanol–water partition coefficient (Wildman–Crippen LogP) is 2.25. The number of benzene rings is 1. The van der Waals surface area contributed by atoms with Crippen LogP contribution < -0.4 is 0 Å². The van der Waals surface area contributed by atoms with Gasteiger partial charge in [-0.05, 0) is 32.4 Å². The van der Waals surface area contributed by atoms with Gasteiger partial charge in [0.1, 0.15) is 17.4 Å². The predicted molar refractivity (Wildman–Crippen MR) is 66.6 cm³/mol. The summed E-state index contributed by atoms with van der Waals surface area (Å²) in [6, 6.07) is 2.82. The molecule has 0 bridgehead atoms. The van der Waals surface area contributed by atoms with Crippen LogP contribution in [0.25, 0.3) is 0 Å². The highest BCUT2D eigenvalue weighted by atomic mass is 16.5. The van der Waals surface area contributed by atoms with Crippen molar-refractivity contribution in [2.45, 2.75) is 32.3 Å². The third-order valence-electron chi connectivity index (χ3n) is 2.88. The SMILES string of the molecule is CC(C)OC(=O)C1C=CCc2c(O)ccc(O)c21. The topological polar surface area (TPSA) is 66.8 Å². The van der Waals surface area contributed by atoms with Crippen LogP contribution in [0.4, 0.5) is 0 Å². The van der Waals surface area contributed by atoms with Gasteiger partial charge in [0.05, 0.1) is 6.10 Å². The number of carbonyl (C=O) groups excluding carboxylic acids is 1. The molecule has 18 heavy (non-hydrogen) atoms. The Morgan fingerprint density at radius 2 is 2.00 bits per heavy atom. The number of fused-ring (bicyclic) bond motifs is 1. The van der Waals surface area contributed by atoms with Gasteiger partial charge < -0.3 is 14.9 Å². The van der Waals surface area contributed by atoms with Crippen LogP contribution in [0.15, 0.2) is 24.3 Å². The summed E-state index contributed by atoms with van der Waals surface area (Å²) in [5.41, 5.74) is 1.03. The fraction of sp³-hybridized carbons (Fsp3) is 0.357. The zero-order chi connectivity index (χ0) is 13.3. The van der Waals surface area contributed by atoms with E-state index in [-0.39, 0.29) is 17.6 Å². The van der Waals surface area contributed by atoms with E-state index in [4.69, 9.17) is 4.74 Å². The van der Waals surface area contributed by atoms with Crippen molar-refractivity contribution in [1.29, 1.82) is 0 Å². The molecule has 1 aromatic carbocycles. The quantitative estimate of drug-likeness (QED) is 0.478. The Morgan fingerprint density at radius 3 is 2.67 bits per heavy atom. The van der Waals surface area contributed by atoms with E-state index in [2.05, 4.69) is 0 Å². The van der Waals surface area contributed by atoms with Crippen LogP contribution in [-0.4, -0.2) is 22.3 Å². The van der Waals surface area contributed by atoms with Crippen LogP contribution in [0, 0.1) is 0 Å². The maximum Gasteiger partial charge on any atom is 0.317 e. The molecule has 1 aliphatic rings. The molecule has 2 N–H and O–H groups in total. The standard InChI is InChI=1S/C14H16O4/c1-8(2)18-14(17)10-5-3-4-9-11(15)6-7-12(16)13(9)10/h3,5-8,10,15-16H,4H2,1-2H3. The van der Waals surface area contributed by atoms with Gasteiger partial charge in [-0.25, -0.2) is 0 Å². The third-order valence-corrected chi connectivity index (χ3v) is 2.88. The van der Waals surface area contributed by atoms with Crippen molar-refractivity contribution in [3.63, 3.8) is 0 Å². The third kappa shape index (κ3) is 2.18. The monoisotopic (exact) mass is 248 g/mol. The van der Waals surface area contributed by atoms with Crippen molar-refractivity contribution in [2.75, 3.05) is 0 Å². The van der Waals surface area contributed by atoms with Gasteiger partial charge in [-0.1, -0.05) is 12.2 Å². The summed E-state index contributed by atoms with van der Waals surface area (Å²) in [7, 11) is 0. The fourth-order valence-corrected chi connectivity index (χ4v) is 2.12. The van der Waals surface area contributed by atoms with E-state index in [0.717, 1.165) is 0 Å². The second-order valence-corrected chi connectivity index (χ2v) is 4.59. The zero-order valence-corrected chi connectivity index (χ0v) is 10.4. The average molecular weight is 248 g/mol. The second-order valence-electron chi connectivity index (χ2n) is 4.59. The molecule has 1 atom stereocenters. The summed E-state index contributed by atoms with van der Waals surface area (Å²) in [5, 5.41) is 19.6. The van der Waals surface area contributed by atoms with Crippen LogP contribution in [0.1, 0.15) is 30.9 Å². The smallest absolute Gasteiger partial charge is 0.317 e. The van der Waals surface area contributed by atoms with Gasteiger partial charge in [0.2, 0.25) is 0 Å². The van der Waals surface area contributed by atoms with Gasteiger partial charge in [0.15, 0.2) is 0 Å². The molecular weight excluding hydrogens is 232 g/mol. The maximum absolute atomic E-state index is 12.0. The Kier molecular flexibility index (Phi) is 3.28. The number of ether oxygens (including phenoxy) is 1. The van der Waals surface area contributed by atoms with Gasteiger partial charge in [-0.2, -0.15) is 0 Å². The van der Waals surface area contributed by atoms with Gasteiger partial charge in [0.25, 0.3) is 0 Å². The molecule has 1 aliphatic carbocycles. The number of hydrogen-bond donors (Lipinski definition) is 2. The van der Waals surface area contributed by atoms with E-state index in [0.29, 0.717) is 17.5 Å². The molecule has 0 spiro atoms. The molecule has 1 aromatic rings. The first-order chi connectivity index (χ1) is 8.50. The first-order valence-electron chi connectivity index (χ1n) is 5.91. The van der Waals surface area contributed by atoms with E-state index in [9.17, 15) is 15.0 Å². The van der Waals surface area contributed by atoms with Crippen molar-refractivity contribution in [3.05, 3.63) is 35.4 Å². The van der Waals surface area contributed by atoms with Crippen molar-refractivity contribution in [3.8, 4) is 11.5 Å². The van der Waals surface area contributed by atoms with E-state index in [1.54, 1.807) is 26.0 Å². The number of phenolic OH excluding ortho intramolecular Hbond substituents is 2. The minimum absolute atomic E-state index is 0.0119. The number of phenols is 2. The summed E-state index contributed by atoms with van der Waals surface area (Å²) in [4.78, 5) is 12.0. The van der Waals surface area contributed by atoms with Crippen LogP contribution in [0.3, 0.4) is 0 Å². The molecule has 0 saturated carbocycles. The molecule has 96 valence electrons. The van der Waals surface area contributed by atoms with E-state index in [1.807, 2.05) is 0 Å². The highest BCUT2D eigenvalue weighted by Crippen LogP contribution is 2.39. The number of allylic oxidation sites excluding steroid dienone is 1. The van der Waals surface area contributed by atoms with E-state index < -0.39 is 11.9 Å². The number of esters is 1. The second kappa shape index (κ2) is 4.72. The summed E-state index contributed by atoms with van der Waals surface area (Å²) in [6.07, 6.45) is 3.79. The van der Waals surface area contributed by atoms with Crippen molar-refractivity contribution in [1.82, 2.24) is 0 Å². The minimum Gasteiger partial charge on any atom is -0.508 e. The number of hydrogen-bond acceptors (Lipinski definition) is 4. The molecule has 0 aromatic heterocycles. The maximum atomic E-state index is 12.0. The first-order valence-corrected chi connectivity index (χ1v) is 5.91. The lowest BCUT2D eigenvalue weighted by atomic mass is 9.86. The molecule has 0 saturated heterocycles. The van der Waals surface area contributed by atoms with Gasteiger partial charge in [0, 0.05) is 11.1 Å². The number of rotatable bonds is 2. The largest absolute Gasteiger partial charge is 0.508 e. The Balaban J connectivity index is 2.42. The van der Waals surface area contributed by atoms with Crippen molar-refractivity contribution >= 4 is 5.97 Å². The molecule has 0 radical (unpaired) electrons. The minimum atomic E-state index is -0.650. The van der Waals surface area contributed by atoms with Gasteiger partial charge >= 0.3 is 5.97 Å². The summed E-state index contributed by atoms with van der Waals surface area (Å²) in [6.45, 7) is 3.54. The van der Waals surface area contributed by atoms with E-state index >= 15 is 0 Å². The lowest BCUT2D eigenvalue weighted by Gasteiger charge is -2.22. The molecule has 0 amide bonds. The Hall–Kier alpha value is -1.97. The lowest BCUT2D eigenvalue weighted by Crippen LogP contribution is -2.21. The zero-order valence-electron chi connectivity index (χ0n) is 10.4. The highest BCUT2D eigenvalue weighted by Gasteiger charge is 2.29. The Labute approximate surface area is 106 Å². The number of carbonyl (C=O) groups is 1. The van der Waals surface area contributed by atoms with Crippen molar-refractivity contribution in [2.24, 2.45) is 0 Å². The first kappa shape index (κ1) is 12.5. The van der Waals surface area contributed by atoms with Crippen LogP contribution in [-0.2, 0) is 16.0 Å². The van der Waals surface area contributed by atoms with Gasteiger partial charge in [-0.3, -0.25) is 4.79 Å². The molecule has 4 nitrogen and oxygen atoms in total. The summed E-state index contributed by atoms with van der Waals surface area (Å²) < 4.78 is 5.16. The average Bonchev–Trinajstić information content (AvgIpc) is 2.32. The summed E-state index contributed by atoms with van der Waals surface area (Å²) >= 11 is 0. The molecule has 2 rings (SSSR count). The normalized spacial score (nSPS) is 17.6. The molecule has 0 fully saturated rings. The fourth-order valence-electron chi connectivity index (χ4n) is 2.12. The molecule has 0 aliphatic heterocycles. The molecule has 4 heteroatoms. The molecule has 1 unspecified atom stereocenters. The van der Waals surface area contributed by atoms with Crippen LogP contribution >= 0.6 is 0 Å². The Bertz CT molecular complexity index is 503. The van der Waals surface area contributed by atoms with Crippen molar-refractivity contribution < 1.29 is 19.7 Å². The van der Waals surface area contributed by atoms with Crippen LogP contribution in [0.5, 0.6) is 11.5 Å². The Morgan fingerprint density at radius 1 is 1.33 bits per heavy atom. The lowest BCUT2D eigenvalue weighted by molar-refractivity contribution is -0.148.